The van der Waals surface area contributed by atoms with Gasteiger partial charge in [-0.15, -0.1) is 0 Å². The Balaban J connectivity index is 0.860. The molecule has 0 aliphatic heterocycles. The maximum Gasteiger partial charge on any atom is 0.328 e. The molecule has 8 aromatic rings. The largest absolute Gasteiger partial charge is 0.506 e. The molecule has 9 rings (SSSR count). The van der Waals surface area contributed by atoms with Crippen molar-refractivity contribution in [2.45, 2.75) is 17.6 Å². The molecule has 1 amide bonds. The first-order chi connectivity index (χ1) is 35.8. The molecular weight excluding hydrogens is 941 g/mol. The Kier molecular flexibility index (Phi) is 14.4. The summed E-state index contributed by atoms with van der Waals surface area (Å²) in [5, 5.41) is 80.8. The van der Waals surface area contributed by atoms with Gasteiger partial charge in [-0.1, -0.05) is 97.1 Å². The number of carboxylic acid groups (broad SMARTS) is 1. The number of phenolic OH excluding ortho intramolecular Hbond substituents is 4. The second-order valence-electron chi connectivity index (χ2n) is 17.7. The van der Waals surface area contributed by atoms with Crippen LogP contribution in [0, 0.1) is 0 Å². The van der Waals surface area contributed by atoms with Crippen molar-refractivity contribution in [2.24, 2.45) is 0 Å². The van der Waals surface area contributed by atoms with E-state index in [9.17, 15) is 40.2 Å². The normalized spacial score (nSPS) is 13.1. The number of benzene rings is 8. The molecule has 74 heavy (non-hydrogen) atoms. The third-order valence-electron chi connectivity index (χ3n) is 12.8. The fourth-order valence-electron chi connectivity index (χ4n) is 9.17. The number of fused-ring (bicyclic) bond motifs is 3. The number of ether oxygens (including phenoxy) is 2. The highest BCUT2D eigenvalue weighted by Gasteiger charge is 2.46. The molecule has 0 spiro atoms. The van der Waals surface area contributed by atoms with E-state index in [4.69, 9.17) is 20.3 Å². The molecule has 0 heterocycles. The number of amides is 1. The van der Waals surface area contributed by atoms with Crippen molar-refractivity contribution in [1.29, 1.82) is 0 Å². The van der Waals surface area contributed by atoms with E-state index in [0.29, 0.717) is 40.1 Å². The van der Waals surface area contributed by atoms with E-state index < -0.39 is 29.5 Å². The molecule has 0 radical (unpaired) electrons. The maximum atomic E-state index is 12.2. The van der Waals surface area contributed by atoms with Gasteiger partial charge in [0.15, 0.2) is 0 Å². The third kappa shape index (κ3) is 10.6. The summed E-state index contributed by atoms with van der Waals surface area (Å²) in [6.45, 7) is 0.0178. The van der Waals surface area contributed by atoms with Gasteiger partial charge in [0.1, 0.15) is 59.9 Å². The minimum Gasteiger partial charge on any atom is -0.506 e. The van der Waals surface area contributed by atoms with Crippen LogP contribution in [0.3, 0.4) is 0 Å². The minimum absolute atomic E-state index is 0.00869. The molecule has 1 aliphatic rings. The topological polar surface area (TPSA) is 256 Å². The molecule has 8 aromatic carbocycles. The lowest BCUT2D eigenvalue weighted by molar-refractivity contribution is -0.131. The molecular formula is C59H52N4O11. The zero-order valence-electron chi connectivity index (χ0n) is 39.6. The number of carbonyl (C=O) groups is 2. The van der Waals surface area contributed by atoms with Crippen LogP contribution < -0.4 is 31.2 Å². The lowest BCUT2D eigenvalue weighted by atomic mass is 9.68. The predicted molar refractivity (Wildman–Crippen MR) is 284 cm³/mol. The van der Waals surface area contributed by atoms with Crippen molar-refractivity contribution in [3.63, 3.8) is 0 Å². The van der Waals surface area contributed by atoms with Gasteiger partial charge in [-0.25, -0.2) is 4.79 Å². The van der Waals surface area contributed by atoms with E-state index in [-0.39, 0.29) is 60.7 Å². The first-order valence-corrected chi connectivity index (χ1v) is 23.6. The van der Waals surface area contributed by atoms with Gasteiger partial charge in [0.2, 0.25) is 5.91 Å². The fourth-order valence-corrected chi connectivity index (χ4v) is 9.17. The van der Waals surface area contributed by atoms with Crippen molar-refractivity contribution in [3.8, 4) is 67.9 Å². The number of aromatic hydroxyl groups is 4. The second-order valence-corrected chi connectivity index (χ2v) is 17.7. The summed E-state index contributed by atoms with van der Waals surface area (Å²) >= 11 is 0. The number of nitrogens with one attached hydrogen (secondary N) is 3. The first kappa shape index (κ1) is 49.5. The third-order valence-corrected chi connectivity index (χ3v) is 12.8. The Morgan fingerprint density at radius 3 is 1.36 bits per heavy atom. The highest BCUT2D eigenvalue weighted by Crippen LogP contribution is 2.56. The number of hydrogen-bond acceptors (Lipinski definition) is 13. The molecule has 15 nitrogen and oxygen atoms in total. The summed E-state index contributed by atoms with van der Waals surface area (Å²) in [5.41, 5.74) is 15.3. The van der Waals surface area contributed by atoms with Gasteiger partial charge in [0.25, 0.3) is 0 Å². The number of aliphatic carboxylic acids is 1. The number of rotatable bonds is 19. The van der Waals surface area contributed by atoms with Crippen molar-refractivity contribution >= 4 is 34.6 Å². The van der Waals surface area contributed by atoms with Crippen LogP contribution in [0.4, 0.5) is 22.7 Å². The van der Waals surface area contributed by atoms with Gasteiger partial charge >= 0.3 is 5.97 Å². The van der Waals surface area contributed by atoms with Crippen LogP contribution >= 0.6 is 0 Å². The average molecular weight is 993 g/mol. The van der Waals surface area contributed by atoms with E-state index in [2.05, 4.69) is 40.2 Å². The van der Waals surface area contributed by atoms with Gasteiger partial charge < -0.3 is 66.9 Å². The Bertz CT molecular complexity index is 3330. The molecule has 0 saturated carbocycles. The maximum absolute atomic E-state index is 12.2. The highest BCUT2D eigenvalue weighted by atomic mass is 16.5. The Hall–Kier alpha value is -9.44. The van der Waals surface area contributed by atoms with Crippen LogP contribution in [0.2, 0.25) is 0 Å². The van der Waals surface area contributed by atoms with Gasteiger partial charge in [0.05, 0.1) is 28.2 Å². The van der Waals surface area contributed by atoms with Gasteiger partial charge in [-0.05, 0) is 128 Å². The highest BCUT2D eigenvalue weighted by molar-refractivity contribution is 6.03. The summed E-state index contributed by atoms with van der Waals surface area (Å²) in [6.07, 6.45) is -0.407. The minimum atomic E-state index is -1.29. The van der Waals surface area contributed by atoms with E-state index >= 15 is 0 Å². The van der Waals surface area contributed by atoms with Crippen LogP contribution in [0.25, 0.3) is 33.4 Å². The molecule has 0 saturated heterocycles. The standard InChI is InChI=1S/C59H52N4O11/c60-49-27-35(9-21-53(49)66)36-10-22-54(67)50(28-36)61-31-41(64)33-73-43-17-13-39(14-18-43)59(47-7-3-1-5-45(47)46-6-2-4-8-48(46)59)40-15-19-44(20-16-40)74-34-42(65)32-62-51-29-37(11-23-55(51)68)38-12-24-56(69)52(30-38)63-57(70)25-26-58(71)72/h1-30,41-42,61-62,64-69H,31-34,60H2,(H,63,70)(H,71,72)/b26-25+. The summed E-state index contributed by atoms with van der Waals surface area (Å²) in [7, 11) is 0. The number of aliphatic hydroxyl groups excluding tert-OH is 2. The summed E-state index contributed by atoms with van der Waals surface area (Å²) < 4.78 is 12.2. The Morgan fingerprint density at radius 2 is 0.919 bits per heavy atom. The Labute approximate surface area is 425 Å². The number of anilines is 4. The monoisotopic (exact) mass is 992 g/mol. The van der Waals surface area contributed by atoms with Crippen molar-refractivity contribution in [2.75, 3.05) is 48.0 Å². The van der Waals surface area contributed by atoms with Crippen LogP contribution in [0.5, 0.6) is 34.5 Å². The van der Waals surface area contributed by atoms with Gasteiger partial charge in [-0.2, -0.15) is 0 Å². The molecule has 0 bridgehead atoms. The van der Waals surface area contributed by atoms with Gasteiger partial charge in [0, 0.05) is 25.2 Å². The number of nitrogen functional groups attached to an aromatic ring is 1. The molecule has 0 fully saturated rings. The molecule has 2 unspecified atom stereocenters. The average Bonchev–Trinajstić information content (AvgIpc) is 3.71. The van der Waals surface area contributed by atoms with E-state index in [1.807, 2.05) is 72.8 Å². The van der Waals surface area contributed by atoms with Crippen LogP contribution in [0.1, 0.15) is 22.3 Å². The van der Waals surface area contributed by atoms with Gasteiger partial charge in [-0.3, -0.25) is 4.79 Å². The Morgan fingerprint density at radius 1 is 0.514 bits per heavy atom. The zero-order chi connectivity index (χ0) is 51.9. The van der Waals surface area contributed by atoms with Crippen molar-refractivity contribution < 1.29 is 54.8 Å². The summed E-state index contributed by atoms with van der Waals surface area (Å²) in [6, 6.07) is 51.5. The second kappa shape index (κ2) is 21.5. The number of hydrogen-bond donors (Lipinski definition) is 11. The van der Waals surface area contributed by atoms with E-state index in [0.717, 1.165) is 50.6 Å². The molecule has 1 aliphatic carbocycles. The molecule has 15 heteroatoms. The van der Waals surface area contributed by atoms with E-state index in [1.165, 1.54) is 24.3 Å². The van der Waals surface area contributed by atoms with Crippen molar-refractivity contribution in [1.82, 2.24) is 0 Å². The lowest BCUT2D eigenvalue weighted by Gasteiger charge is -2.34. The summed E-state index contributed by atoms with van der Waals surface area (Å²) in [5.74, 6) is -1.25. The first-order valence-electron chi connectivity index (χ1n) is 23.6. The zero-order valence-corrected chi connectivity index (χ0v) is 39.6. The smallest absolute Gasteiger partial charge is 0.328 e. The number of aliphatic hydroxyl groups is 2. The van der Waals surface area contributed by atoms with Crippen LogP contribution in [-0.2, 0) is 15.0 Å². The number of phenols is 4. The molecule has 0 aromatic heterocycles. The van der Waals surface area contributed by atoms with Crippen LogP contribution in [0.15, 0.2) is 182 Å². The number of nitrogens with two attached hydrogens (primary N) is 1. The van der Waals surface area contributed by atoms with Crippen molar-refractivity contribution in [3.05, 3.63) is 204 Å². The van der Waals surface area contributed by atoms with E-state index in [1.54, 1.807) is 48.5 Å². The predicted octanol–water partition coefficient (Wildman–Crippen LogP) is 9.07. The molecule has 2 atom stereocenters. The number of carbonyl (C=O) groups excluding carboxylic acids is 1. The van der Waals surface area contributed by atoms with Crippen LogP contribution in [-0.4, -0.2) is 86.1 Å². The molecule has 12 N–H and O–H groups in total. The fraction of sp³-hybridized carbons (Fsp3) is 0.119. The SMILES string of the molecule is Nc1cc(-c2ccc(O)c(NCC(O)COc3ccc(C4(c5ccc(OCC(O)CNc6cc(-c7ccc(O)c(NC(=O)/C=C/C(=O)O)c7)ccc6O)cc5)c5ccccc5-c5ccccc54)cc3)c2)ccc1O. The lowest BCUT2D eigenvalue weighted by Crippen LogP contribution is -2.29. The molecule has 374 valence electrons. The summed E-state index contributed by atoms with van der Waals surface area (Å²) in [4.78, 5) is 23.0. The number of carboxylic acids is 1. The quantitative estimate of drug-likeness (QED) is 0.0205.